The van der Waals surface area contributed by atoms with E-state index in [0.717, 1.165) is 38.6 Å². The molecule has 1 aromatic heterocycles. The number of fused-ring (bicyclic) bond motifs is 3. The second kappa shape index (κ2) is 7.07. The Hall–Kier alpha value is -3.08. The van der Waals surface area contributed by atoms with Crippen LogP contribution < -0.4 is 10.9 Å². The van der Waals surface area contributed by atoms with Crippen LogP contribution in [0.1, 0.15) is 45.9 Å². The molecule has 1 N–H and O–H groups in total. The molecule has 0 atom stereocenters. The van der Waals surface area contributed by atoms with E-state index in [1.165, 1.54) is 12.7 Å². The lowest BCUT2D eigenvalue weighted by molar-refractivity contribution is 0.187. The first-order chi connectivity index (χ1) is 13.5. The molecule has 0 aliphatic rings. The van der Waals surface area contributed by atoms with E-state index in [1.54, 1.807) is 0 Å². The van der Waals surface area contributed by atoms with Gasteiger partial charge in [-0.2, -0.15) is 0 Å². The zero-order valence-corrected chi connectivity index (χ0v) is 18.3. The molecule has 152 valence electrons. The lowest BCUT2D eigenvalue weighted by atomic mass is 9.86. The Morgan fingerprint density at radius 1 is 0.862 bits per heavy atom. The molecular weight excluding hydrogens is 366 g/mol. The van der Waals surface area contributed by atoms with Crippen LogP contribution in [0.4, 0.5) is 10.5 Å². The molecule has 0 aliphatic heterocycles. The Labute approximate surface area is 170 Å². The summed E-state index contributed by atoms with van der Waals surface area (Å²) in [6.45, 7) is 17.9. The molecular formula is C24H27NO4. The van der Waals surface area contributed by atoms with Crippen LogP contribution in [0.5, 0.6) is 0 Å². The van der Waals surface area contributed by atoms with Crippen molar-refractivity contribution in [2.45, 2.75) is 48.5 Å². The second-order valence-electron chi connectivity index (χ2n) is 7.74. The first-order valence-corrected chi connectivity index (χ1v) is 9.53. The maximum absolute atomic E-state index is 13.2. The predicted molar refractivity (Wildman–Crippen MR) is 119 cm³/mol. The maximum atomic E-state index is 13.2. The summed E-state index contributed by atoms with van der Waals surface area (Å²) >= 11 is 0. The number of carbonyl (C=O) groups excluding carboxylic acids is 1. The third-order valence-electron chi connectivity index (χ3n) is 6.18. The maximum Gasteiger partial charge on any atom is 0.411 e. The predicted octanol–water partition coefficient (Wildman–Crippen LogP) is 6.01. The van der Waals surface area contributed by atoms with Gasteiger partial charge in [0.1, 0.15) is 5.58 Å². The highest BCUT2D eigenvalue weighted by atomic mass is 16.5. The molecule has 3 aromatic rings. The van der Waals surface area contributed by atoms with Crippen LogP contribution in [0.2, 0.25) is 0 Å². The minimum Gasteiger partial charge on any atom is -0.453 e. The average Bonchev–Trinajstić information content (AvgIpc) is 2.68. The molecule has 5 nitrogen and oxygen atoms in total. The summed E-state index contributed by atoms with van der Waals surface area (Å²) in [4.78, 5) is 25.2. The second-order valence-corrected chi connectivity index (χ2v) is 7.74. The Kier molecular flexibility index (Phi) is 5.03. The zero-order valence-electron chi connectivity index (χ0n) is 18.3. The van der Waals surface area contributed by atoms with Crippen molar-refractivity contribution in [3.8, 4) is 0 Å². The first-order valence-electron chi connectivity index (χ1n) is 9.53. The minimum atomic E-state index is -0.599. The van der Waals surface area contributed by atoms with Crippen molar-refractivity contribution in [1.29, 1.82) is 0 Å². The fourth-order valence-corrected chi connectivity index (χ4v) is 4.10. The van der Waals surface area contributed by atoms with Crippen molar-refractivity contribution in [2.75, 3.05) is 12.4 Å². The Morgan fingerprint density at radius 2 is 1.41 bits per heavy atom. The SMILES string of the molecule is C=C(C)c1c(NC(=O)OC)c(C)c(C)c2c1c(=O)oc1c(C)c(C)c(C)c(C)c12. The third kappa shape index (κ3) is 2.92. The van der Waals surface area contributed by atoms with Crippen molar-refractivity contribution >= 4 is 39.1 Å². The van der Waals surface area contributed by atoms with Crippen LogP contribution >= 0.6 is 0 Å². The summed E-state index contributed by atoms with van der Waals surface area (Å²) < 4.78 is 10.6. The zero-order chi connectivity index (χ0) is 21.8. The summed E-state index contributed by atoms with van der Waals surface area (Å²) in [6.07, 6.45) is -0.599. The van der Waals surface area contributed by atoms with Crippen molar-refractivity contribution < 1.29 is 13.9 Å². The quantitative estimate of drug-likeness (QED) is 0.428. The van der Waals surface area contributed by atoms with Gasteiger partial charge in [-0.05, 0) is 87.4 Å². The summed E-state index contributed by atoms with van der Waals surface area (Å²) in [6, 6.07) is 0. The number of amides is 1. The summed E-state index contributed by atoms with van der Waals surface area (Å²) in [5.74, 6) is 0. The van der Waals surface area contributed by atoms with E-state index in [0.29, 0.717) is 27.8 Å². The number of benzene rings is 2. The van der Waals surface area contributed by atoms with E-state index in [4.69, 9.17) is 9.15 Å². The van der Waals surface area contributed by atoms with Gasteiger partial charge < -0.3 is 9.15 Å². The molecule has 1 amide bonds. The number of ether oxygens (including phenoxy) is 1. The van der Waals surface area contributed by atoms with Gasteiger partial charge in [0, 0.05) is 16.3 Å². The van der Waals surface area contributed by atoms with Crippen LogP contribution in [-0.2, 0) is 4.74 Å². The number of hydrogen-bond acceptors (Lipinski definition) is 4. The highest BCUT2D eigenvalue weighted by Crippen LogP contribution is 2.41. The van der Waals surface area contributed by atoms with E-state index in [2.05, 4.69) is 25.7 Å². The topological polar surface area (TPSA) is 68.5 Å². The lowest BCUT2D eigenvalue weighted by Gasteiger charge is -2.21. The average molecular weight is 393 g/mol. The molecule has 0 spiro atoms. The molecule has 3 rings (SSSR count). The standard InChI is InChI=1S/C24H27NO4/c1-10(2)17-20-18(14(6)15(7)21(17)25-24(27)28-9)19-13(5)11(3)12(4)16(8)22(19)29-23(20)26/h1H2,2-9H3,(H,25,27). The molecule has 0 fully saturated rings. The summed E-state index contributed by atoms with van der Waals surface area (Å²) in [5, 5.41) is 4.99. The summed E-state index contributed by atoms with van der Waals surface area (Å²) in [7, 11) is 1.30. The number of methoxy groups -OCH3 is 1. The van der Waals surface area contributed by atoms with E-state index in [1.807, 2.05) is 34.6 Å². The van der Waals surface area contributed by atoms with Gasteiger partial charge in [0.2, 0.25) is 0 Å². The minimum absolute atomic E-state index is 0.435. The number of allylic oxidation sites excluding steroid dienone is 1. The molecule has 2 aromatic carbocycles. The monoisotopic (exact) mass is 393 g/mol. The van der Waals surface area contributed by atoms with E-state index in [-0.39, 0.29) is 0 Å². The van der Waals surface area contributed by atoms with Crippen molar-refractivity contribution in [3.05, 3.63) is 55.9 Å². The van der Waals surface area contributed by atoms with Crippen molar-refractivity contribution in [1.82, 2.24) is 0 Å². The number of anilines is 1. The van der Waals surface area contributed by atoms with Gasteiger partial charge in [-0.15, -0.1) is 0 Å². The fraction of sp³-hybridized carbons (Fsp3) is 0.333. The van der Waals surface area contributed by atoms with Crippen LogP contribution in [0, 0.1) is 41.5 Å². The Morgan fingerprint density at radius 3 is 1.97 bits per heavy atom. The number of nitrogens with one attached hydrogen (secondary N) is 1. The Balaban J connectivity index is 2.71. The highest BCUT2D eigenvalue weighted by Gasteiger charge is 2.24. The fourth-order valence-electron chi connectivity index (χ4n) is 4.10. The van der Waals surface area contributed by atoms with Gasteiger partial charge in [0.05, 0.1) is 18.2 Å². The van der Waals surface area contributed by atoms with Crippen LogP contribution in [-0.4, -0.2) is 13.2 Å². The highest BCUT2D eigenvalue weighted by molar-refractivity contribution is 6.15. The molecule has 0 bridgehead atoms. The van der Waals surface area contributed by atoms with Crippen molar-refractivity contribution in [2.24, 2.45) is 0 Å². The normalized spacial score (nSPS) is 11.2. The van der Waals surface area contributed by atoms with Crippen LogP contribution in [0.25, 0.3) is 27.3 Å². The van der Waals surface area contributed by atoms with E-state index < -0.39 is 11.7 Å². The van der Waals surface area contributed by atoms with Gasteiger partial charge >= 0.3 is 11.7 Å². The van der Waals surface area contributed by atoms with Crippen LogP contribution in [0.3, 0.4) is 0 Å². The number of carbonyl (C=O) groups is 1. The lowest BCUT2D eigenvalue weighted by Crippen LogP contribution is -2.16. The van der Waals surface area contributed by atoms with Crippen LogP contribution in [0.15, 0.2) is 15.8 Å². The van der Waals surface area contributed by atoms with Gasteiger partial charge in [0.15, 0.2) is 0 Å². The van der Waals surface area contributed by atoms with Gasteiger partial charge in [-0.25, -0.2) is 9.59 Å². The third-order valence-corrected chi connectivity index (χ3v) is 6.18. The molecule has 0 unspecified atom stereocenters. The van der Waals surface area contributed by atoms with Gasteiger partial charge in [0.25, 0.3) is 0 Å². The number of hydrogen-bond donors (Lipinski definition) is 1. The molecule has 0 aliphatic carbocycles. The summed E-state index contributed by atoms with van der Waals surface area (Å²) in [5.41, 5.74) is 8.08. The van der Waals surface area contributed by atoms with E-state index in [9.17, 15) is 9.59 Å². The molecule has 0 saturated carbocycles. The van der Waals surface area contributed by atoms with E-state index >= 15 is 0 Å². The molecule has 5 heteroatoms. The van der Waals surface area contributed by atoms with Gasteiger partial charge in [-0.3, -0.25) is 5.32 Å². The first kappa shape index (κ1) is 20.6. The molecule has 0 radical (unpaired) electrons. The van der Waals surface area contributed by atoms with Crippen molar-refractivity contribution in [3.63, 3.8) is 0 Å². The molecule has 29 heavy (non-hydrogen) atoms. The number of rotatable bonds is 2. The largest absolute Gasteiger partial charge is 0.453 e. The van der Waals surface area contributed by atoms with Gasteiger partial charge in [-0.1, -0.05) is 6.58 Å². The molecule has 1 heterocycles. The number of aryl methyl sites for hydroxylation is 3. The molecule has 0 saturated heterocycles. The smallest absolute Gasteiger partial charge is 0.411 e. The Bertz CT molecular complexity index is 1280.